The van der Waals surface area contributed by atoms with Crippen molar-refractivity contribution in [2.45, 2.75) is 26.4 Å². The van der Waals surface area contributed by atoms with Gasteiger partial charge in [-0.3, -0.25) is 10.1 Å². The average molecular weight is 380 g/mol. The molecule has 4 N–H and O–H groups in total. The Kier molecular flexibility index (Phi) is 4.56. The van der Waals surface area contributed by atoms with Crippen molar-refractivity contribution in [2.75, 3.05) is 12.3 Å². The van der Waals surface area contributed by atoms with E-state index in [1.165, 1.54) is 12.4 Å². The van der Waals surface area contributed by atoms with Crippen molar-refractivity contribution in [1.29, 1.82) is 0 Å². The van der Waals surface area contributed by atoms with Gasteiger partial charge in [-0.2, -0.15) is 5.10 Å². The second-order valence-electron chi connectivity index (χ2n) is 6.98. The molecular weight excluding hydrogens is 359 g/mol. The van der Waals surface area contributed by atoms with E-state index in [9.17, 15) is 9.18 Å². The monoisotopic (exact) mass is 380 g/mol. The Hall–Kier alpha value is -3.26. The highest BCUT2D eigenvalue weighted by atomic mass is 19.1. The number of nitrogen functional groups attached to an aromatic ring is 1. The van der Waals surface area contributed by atoms with E-state index in [2.05, 4.69) is 20.7 Å². The summed E-state index contributed by atoms with van der Waals surface area (Å²) in [5, 5.41) is 10.2. The van der Waals surface area contributed by atoms with Gasteiger partial charge in [0, 0.05) is 18.7 Å². The van der Waals surface area contributed by atoms with Crippen molar-refractivity contribution in [3.05, 3.63) is 64.9 Å². The molecule has 4 rings (SSSR count). The Labute approximate surface area is 161 Å². The van der Waals surface area contributed by atoms with Gasteiger partial charge in [-0.05, 0) is 37.1 Å². The normalized spacial score (nSPS) is 16.4. The van der Waals surface area contributed by atoms with Crippen LogP contribution < -0.4 is 16.4 Å². The fraction of sp³-hybridized carbons (Fsp3) is 0.250. The quantitative estimate of drug-likeness (QED) is 0.641. The van der Waals surface area contributed by atoms with Gasteiger partial charge in [0.15, 0.2) is 5.82 Å². The SMILES string of the molecule is Cc1ccc(F)c(CNC(=O)[C@@H]2C=C(c3cc(C)c4c(N)ncnn34)CN2)c1. The molecule has 0 aliphatic carbocycles. The topological polar surface area (TPSA) is 97.3 Å². The molecule has 0 spiro atoms. The summed E-state index contributed by atoms with van der Waals surface area (Å²) in [4.78, 5) is 16.6. The molecular formula is C20H21FN6O. The fourth-order valence-corrected chi connectivity index (χ4v) is 3.50. The zero-order chi connectivity index (χ0) is 19.8. The van der Waals surface area contributed by atoms with E-state index in [1.807, 2.05) is 26.0 Å². The third-order valence-corrected chi connectivity index (χ3v) is 4.92. The van der Waals surface area contributed by atoms with Crippen molar-refractivity contribution < 1.29 is 9.18 Å². The zero-order valence-corrected chi connectivity index (χ0v) is 15.7. The number of carbonyl (C=O) groups excluding carboxylic acids is 1. The highest BCUT2D eigenvalue weighted by Crippen LogP contribution is 2.26. The minimum atomic E-state index is -0.493. The molecule has 3 aromatic rings. The van der Waals surface area contributed by atoms with E-state index in [0.29, 0.717) is 17.9 Å². The van der Waals surface area contributed by atoms with Crippen LogP contribution in [0.15, 0.2) is 36.7 Å². The van der Waals surface area contributed by atoms with Crippen LogP contribution in [-0.2, 0) is 11.3 Å². The molecule has 1 amide bonds. The highest BCUT2D eigenvalue weighted by Gasteiger charge is 2.25. The molecule has 0 saturated heterocycles. The summed E-state index contributed by atoms with van der Waals surface area (Å²) >= 11 is 0. The van der Waals surface area contributed by atoms with Gasteiger partial charge >= 0.3 is 0 Å². The first-order valence-electron chi connectivity index (χ1n) is 9.00. The van der Waals surface area contributed by atoms with Crippen LogP contribution in [-0.4, -0.2) is 33.1 Å². The van der Waals surface area contributed by atoms with E-state index in [0.717, 1.165) is 27.9 Å². The van der Waals surface area contributed by atoms with E-state index in [4.69, 9.17) is 5.73 Å². The standard InChI is InChI=1S/C20H21FN6O/c1-11-3-4-15(21)13(5-11)8-24-20(28)16-7-14(9-23-16)17-6-12(2)18-19(22)25-10-26-27(17)18/h3-7,10,16,23H,8-9H2,1-2H3,(H,24,28)(H2,22,25,26)/t16-/m0/s1. The van der Waals surface area contributed by atoms with Crippen LogP contribution in [0.25, 0.3) is 11.1 Å². The van der Waals surface area contributed by atoms with Crippen LogP contribution in [0.3, 0.4) is 0 Å². The number of hydrogen-bond acceptors (Lipinski definition) is 5. The number of hydrogen-bond donors (Lipinski definition) is 3. The lowest BCUT2D eigenvalue weighted by atomic mass is 10.1. The number of nitrogens with zero attached hydrogens (tertiary/aromatic N) is 3. The summed E-state index contributed by atoms with van der Waals surface area (Å²) in [7, 11) is 0. The molecule has 0 radical (unpaired) electrons. The lowest BCUT2D eigenvalue weighted by molar-refractivity contribution is -0.122. The zero-order valence-electron chi connectivity index (χ0n) is 15.7. The molecule has 2 aromatic heterocycles. The van der Waals surface area contributed by atoms with Gasteiger partial charge in [0.25, 0.3) is 0 Å². The molecule has 0 unspecified atom stereocenters. The van der Waals surface area contributed by atoms with Gasteiger partial charge in [-0.25, -0.2) is 13.9 Å². The molecule has 1 aliphatic heterocycles. The summed E-state index contributed by atoms with van der Waals surface area (Å²) in [5.41, 5.74) is 10.9. The van der Waals surface area contributed by atoms with Gasteiger partial charge in [-0.15, -0.1) is 0 Å². The summed E-state index contributed by atoms with van der Waals surface area (Å²) < 4.78 is 15.6. The van der Waals surface area contributed by atoms with Crippen molar-refractivity contribution in [3.8, 4) is 0 Å². The van der Waals surface area contributed by atoms with Crippen LogP contribution in [0.2, 0.25) is 0 Å². The number of amides is 1. The molecule has 3 heterocycles. The third-order valence-electron chi connectivity index (χ3n) is 4.92. The minimum absolute atomic E-state index is 0.143. The predicted octanol–water partition coefficient (Wildman–Crippen LogP) is 1.74. The lowest BCUT2D eigenvalue weighted by Crippen LogP contribution is -2.40. The fourth-order valence-electron chi connectivity index (χ4n) is 3.50. The number of nitrogens with one attached hydrogen (secondary N) is 2. The maximum Gasteiger partial charge on any atom is 0.241 e. The summed E-state index contributed by atoms with van der Waals surface area (Å²) in [6.07, 6.45) is 3.27. The smallest absolute Gasteiger partial charge is 0.241 e. The molecule has 7 nitrogen and oxygen atoms in total. The second-order valence-corrected chi connectivity index (χ2v) is 6.98. The number of aryl methyl sites for hydroxylation is 2. The molecule has 1 atom stereocenters. The van der Waals surface area contributed by atoms with E-state index >= 15 is 0 Å². The number of nitrogens with two attached hydrogens (primary N) is 1. The molecule has 1 aromatic carbocycles. The van der Waals surface area contributed by atoms with Crippen LogP contribution in [0.1, 0.15) is 22.4 Å². The van der Waals surface area contributed by atoms with E-state index in [1.54, 1.807) is 16.6 Å². The molecule has 0 bridgehead atoms. The lowest BCUT2D eigenvalue weighted by Gasteiger charge is -2.11. The van der Waals surface area contributed by atoms with Crippen LogP contribution in [0, 0.1) is 19.7 Å². The molecule has 28 heavy (non-hydrogen) atoms. The van der Waals surface area contributed by atoms with Crippen molar-refractivity contribution in [2.24, 2.45) is 0 Å². The van der Waals surface area contributed by atoms with Crippen LogP contribution in [0.5, 0.6) is 0 Å². The summed E-state index contributed by atoms with van der Waals surface area (Å²) in [6.45, 7) is 4.50. The number of aromatic nitrogens is 3. The van der Waals surface area contributed by atoms with Crippen LogP contribution >= 0.6 is 0 Å². The van der Waals surface area contributed by atoms with Gasteiger partial charge in [-0.1, -0.05) is 23.8 Å². The van der Waals surface area contributed by atoms with E-state index < -0.39 is 6.04 Å². The number of carbonyl (C=O) groups is 1. The van der Waals surface area contributed by atoms with Crippen molar-refractivity contribution in [3.63, 3.8) is 0 Å². The predicted molar refractivity (Wildman–Crippen MR) is 105 cm³/mol. The Morgan fingerprint density at radius 3 is 3.04 bits per heavy atom. The van der Waals surface area contributed by atoms with Gasteiger partial charge in [0.05, 0.1) is 5.69 Å². The number of halogens is 1. The number of anilines is 1. The Morgan fingerprint density at radius 1 is 1.39 bits per heavy atom. The highest BCUT2D eigenvalue weighted by molar-refractivity contribution is 5.89. The molecule has 0 fully saturated rings. The van der Waals surface area contributed by atoms with Gasteiger partial charge in [0.1, 0.15) is 23.7 Å². The van der Waals surface area contributed by atoms with Crippen LogP contribution in [0.4, 0.5) is 10.2 Å². The molecule has 8 heteroatoms. The first-order valence-corrected chi connectivity index (χ1v) is 9.00. The first-order chi connectivity index (χ1) is 13.4. The number of fused-ring (bicyclic) bond motifs is 1. The first kappa shape index (κ1) is 18.1. The Bertz CT molecular complexity index is 1100. The maximum atomic E-state index is 13.9. The van der Waals surface area contributed by atoms with Crippen molar-refractivity contribution in [1.82, 2.24) is 25.2 Å². The molecule has 0 saturated carbocycles. The number of benzene rings is 1. The average Bonchev–Trinajstić information content (AvgIpc) is 3.28. The Balaban J connectivity index is 1.52. The maximum absolute atomic E-state index is 13.9. The second kappa shape index (κ2) is 7.05. The van der Waals surface area contributed by atoms with E-state index in [-0.39, 0.29) is 18.3 Å². The summed E-state index contributed by atoms with van der Waals surface area (Å²) in [5.74, 6) is -0.115. The van der Waals surface area contributed by atoms with Gasteiger partial charge < -0.3 is 11.1 Å². The molecule has 144 valence electrons. The largest absolute Gasteiger partial charge is 0.382 e. The van der Waals surface area contributed by atoms with Gasteiger partial charge in [0.2, 0.25) is 5.91 Å². The Morgan fingerprint density at radius 2 is 2.21 bits per heavy atom. The molecule has 1 aliphatic rings. The third kappa shape index (κ3) is 3.22. The van der Waals surface area contributed by atoms with Crippen molar-refractivity contribution >= 4 is 22.8 Å². The number of rotatable bonds is 4. The summed E-state index contributed by atoms with van der Waals surface area (Å²) in [6, 6.07) is 6.34. The minimum Gasteiger partial charge on any atom is -0.382 e.